The fourth-order valence-electron chi connectivity index (χ4n) is 3.29. The highest BCUT2D eigenvalue weighted by molar-refractivity contribution is 9.10. The predicted molar refractivity (Wildman–Crippen MR) is 120 cm³/mol. The number of anilines is 2. The minimum Gasteiger partial charge on any atom is -0.481 e. The summed E-state index contributed by atoms with van der Waals surface area (Å²) < 4.78 is 6.08. The molecule has 0 heterocycles. The molecule has 1 fully saturated rings. The number of carbonyl (C=O) groups is 2. The topological polar surface area (TPSA) is 67.4 Å². The van der Waals surface area contributed by atoms with E-state index in [9.17, 15) is 9.59 Å². The first-order chi connectivity index (χ1) is 13.9. The maximum absolute atomic E-state index is 12.4. The summed E-state index contributed by atoms with van der Waals surface area (Å²) in [7, 11) is 0. The van der Waals surface area contributed by atoms with Gasteiger partial charge in [-0.15, -0.1) is 0 Å². The lowest BCUT2D eigenvalue weighted by Gasteiger charge is -2.20. The second-order valence-corrected chi connectivity index (χ2v) is 8.64. The van der Waals surface area contributed by atoms with E-state index in [0.29, 0.717) is 31.6 Å². The van der Waals surface area contributed by atoms with Crippen LogP contribution in [-0.2, 0) is 9.59 Å². The Bertz CT molecular complexity index is 878. The molecule has 0 aromatic heterocycles. The van der Waals surface area contributed by atoms with Gasteiger partial charge in [-0.3, -0.25) is 9.59 Å². The van der Waals surface area contributed by atoms with Gasteiger partial charge in [0, 0.05) is 22.3 Å². The number of carbonyl (C=O) groups excluding carboxylic acids is 2. The molecule has 2 amide bonds. The molecular formula is C21H21BrCl2N2O3. The number of amides is 2. The van der Waals surface area contributed by atoms with Gasteiger partial charge in [-0.2, -0.15) is 0 Å². The third-order valence-corrected chi connectivity index (χ3v) is 5.79. The molecule has 5 nitrogen and oxygen atoms in total. The molecule has 2 N–H and O–H groups in total. The first-order valence-electron chi connectivity index (χ1n) is 9.40. The van der Waals surface area contributed by atoms with Gasteiger partial charge in [0.2, 0.25) is 5.91 Å². The molecule has 2 aromatic rings. The van der Waals surface area contributed by atoms with Crippen molar-refractivity contribution < 1.29 is 14.3 Å². The van der Waals surface area contributed by atoms with Crippen LogP contribution in [0, 0.1) is 5.92 Å². The molecule has 1 aliphatic rings. The summed E-state index contributed by atoms with van der Waals surface area (Å²) in [5.74, 6) is 0.107. The highest BCUT2D eigenvalue weighted by Crippen LogP contribution is 2.36. The summed E-state index contributed by atoms with van der Waals surface area (Å²) in [5, 5.41) is 6.48. The van der Waals surface area contributed by atoms with Crippen LogP contribution in [0.1, 0.15) is 32.1 Å². The molecule has 8 heteroatoms. The predicted octanol–water partition coefficient (Wildman–Crippen LogP) is 6.29. The first-order valence-corrected chi connectivity index (χ1v) is 11.0. The van der Waals surface area contributed by atoms with Gasteiger partial charge in [0.15, 0.2) is 12.4 Å². The van der Waals surface area contributed by atoms with E-state index < -0.39 is 0 Å². The summed E-state index contributed by atoms with van der Waals surface area (Å²) in [6.45, 7) is -0.224. The van der Waals surface area contributed by atoms with Crippen LogP contribution in [0.25, 0.3) is 0 Å². The molecule has 29 heavy (non-hydrogen) atoms. The molecule has 0 atom stereocenters. The zero-order valence-corrected chi connectivity index (χ0v) is 18.7. The lowest BCUT2D eigenvalue weighted by molar-refractivity contribution is -0.120. The third-order valence-electron chi connectivity index (χ3n) is 4.70. The monoisotopic (exact) mass is 498 g/mol. The standard InChI is InChI=1S/C21H21BrCl2N2O3/c22-17-9-14(23)10-18(24)20(17)29-12-19(27)25-15-7-4-8-16(11-15)26-21(28)13-5-2-1-3-6-13/h4,7-11,13H,1-3,5-6,12H2,(H,25,27)(H,26,28). The van der Waals surface area contributed by atoms with E-state index in [1.54, 1.807) is 36.4 Å². The third kappa shape index (κ3) is 6.36. The molecule has 1 aliphatic carbocycles. The lowest BCUT2D eigenvalue weighted by atomic mass is 9.88. The Kier molecular flexibility index (Phi) is 7.81. The van der Waals surface area contributed by atoms with Gasteiger partial charge in [0.1, 0.15) is 0 Å². The largest absolute Gasteiger partial charge is 0.481 e. The van der Waals surface area contributed by atoms with Gasteiger partial charge in [0.25, 0.3) is 5.91 Å². The molecule has 3 rings (SSSR count). The smallest absolute Gasteiger partial charge is 0.262 e. The summed E-state index contributed by atoms with van der Waals surface area (Å²) in [4.78, 5) is 24.7. The molecule has 0 unspecified atom stereocenters. The number of hydrogen-bond acceptors (Lipinski definition) is 3. The van der Waals surface area contributed by atoms with Gasteiger partial charge < -0.3 is 15.4 Å². The van der Waals surface area contributed by atoms with Gasteiger partial charge in [-0.05, 0) is 59.1 Å². The highest BCUT2D eigenvalue weighted by atomic mass is 79.9. The van der Waals surface area contributed by atoms with E-state index in [0.717, 1.165) is 25.7 Å². The molecule has 0 radical (unpaired) electrons. The number of benzene rings is 2. The van der Waals surface area contributed by atoms with E-state index in [-0.39, 0.29) is 24.3 Å². The van der Waals surface area contributed by atoms with Gasteiger partial charge in [-0.1, -0.05) is 48.5 Å². The Balaban J connectivity index is 1.55. The van der Waals surface area contributed by atoms with Crippen LogP contribution in [0.3, 0.4) is 0 Å². The minimum atomic E-state index is -0.348. The number of ether oxygens (including phenoxy) is 1. The van der Waals surface area contributed by atoms with Crippen molar-refractivity contribution in [2.75, 3.05) is 17.2 Å². The van der Waals surface area contributed by atoms with Gasteiger partial charge >= 0.3 is 0 Å². The molecular weight excluding hydrogens is 479 g/mol. The maximum Gasteiger partial charge on any atom is 0.262 e. The molecule has 0 saturated heterocycles. The Morgan fingerprint density at radius 1 is 1.03 bits per heavy atom. The Labute approximate surface area is 188 Å². The Morgan fingerprint density at radius 2 is 1.72 bits per heavy atom. The van der Waals surface area contributed by atoms with E-state index >= 15 is 0 Å². The Morgan fingerprint density at radius 3 is 2.41 bits per heavy atom. The van der Waals surface area contributed by atoms with Crippen LogP contribution in [0.15, 0.2) is 40.9 Å². The highest BCUT2D eigenvalue weighted by Gasteiger charge is 2.21. The van der Waals surface area contributed by atoms with Gasteiger partial charge in [0.05, 0.1) is 9.50 Å². The quantitative estimate of drug-likeness (QED) is 0.490. The summed E-state index contributed by atoms with van der Waals surface area (Å²) in [6, 6.07) is 10.2. The van der Waals surface area contributed by atoms with E-state index in [4.69, 9.17) is 27.9 Å². The van der Waals surface area contributed by atoms with Crippen LogP contribution in [0.4, 0.5) is 11.4 Å². The summed E-state index contributed by atoms with van der Waals surface area (Å²) in [6.07, 6.45) is 5.26. The van der Waals surface area contributed by atoms with Crippen molar-refractivity contribution in [2.45, 2.75) is 32.1 Å². The van der Waals surface area contributed by atoms with Crippen molar-refractivity contribution in [2.24, 2.45) is 5.92 Å². The van der Waals surface area contributed by atoms with Crippen molar-refractivity contribution in [3.8, 4) is 5.75 Å². The molecule has 0 bridgehead atoms. The van der Waals surface area contributed by atoms with E-state index in [2.05, 4.69) is 26.6 Å². The summed E-state index contributed by atoms with van der Waals surface area (Å²) >= 11 is 15.3. The molecule has 0 aliphatic heterocycles. The first kappa shape index (κ1) is 21.9. The number of nitrogens with one attached hydrogen (secondary N) is 2. The second-order valence-electron chi connectivity index (χ2n) is 6.94. The second kappa shape index (κ2) is 10.3. The molecule has 2 aromatic carbocycles. The van der Waals surface area contributed by atoms with Crippen molar-refractivity contribution in [1.82, 2.24) is 0 Å². The van der Waals surface area contributed by atoms with Crippen molar-refractivity contribution in [3.05, 3.63) is 50.9 Å². The van der Waals surface area contributed by atoms with E-state index in [1.165, 1.54) is 6.42 Å². The summed E-state index contributed by atoms with van der Waals surface area (Å²) in [5.41, 5.74) is 1.23. The lowest BCUT2D eigenvalue weighted by Crippen LogP contribution is -2.25. The fourth-order valence-corrected chi connectivity index (χ4v) is 4.65. The molecule has 154 valence electrons. The zero-order valence-electron chi connectivity index (χ0n) is 15.6. The van der Waals surface area contributed by atoms with Crippen molar-refractivity contribution in [1.29, 1.82) is 0 Å². The van der Waals surface area contributed by atoms with Crippen LogP contribution in [0.2, 0.25) is 10.0 Å². The SMILES string of the molecule is O=C(COc1c(Cl)cc(Cl)cc1Br)Nc1cccc(NC(=O)C2CCCCC2)c1. The van der Waals surface area contributed by atoms with Gasteiger partial charge in [-0.25, -0.2) is 0 Å². The Hall–Kier alpha value is -1.76. The number of rotatable bonds is 6. The molecule has 1 saturated carbocycles. The number of hydrogen-bond donors (Lipinski definition) is 2. The zero-order chi connectivity index (χ0) is 20.8. The average Bonchev–Trinajstić information content (AvgIpc) is 2.68. The van der Waals surface area contributed by atoms with Crippen LogP contribution in [0.5, 0.6) is 5.75 Å². The van der Waals surface area contributed by atoms with Crippen molar-refractivity contribution in [3.63, 3.8) is 0 Å². The van der Waals surface area contributed by atoms with Crippen LogP contribution in [-0.4, -0.2) is 18.4 Å². The van der Waals surface area contributed by atoms with Crippen LogP contribution >= 0.6 is 39.1 Å². The average molecular weight is 500 g/mol. The number of halogens is 3. The van der Waals surface area contributed by atoms with Crippen molar-refractivity contribution >= 4 is 62.3 Å². The van der Waals surface area contributed by atoms with E-state index in [1.807, 2.05) is 0 Å². The normalized spacial score (nSPS) is 14.3. The fraction of sp³-hybridized carbons (Fsp3) is 0.333. The minimum absolute atomic E-state index is 0.0405. The molecule has 0 spiro atoms. The maximum atomic E-state index is 12.4. The van der Waals surface area contributed by atoms with Crippen LogP contribution < -0.4 is 15.4 Å².